The zero-order chi connectivity index (χ0) is 22.1. The first-order valence-electron chi connectivity index (χ1n) is 10.9. The molecule has 9 nitrogen and oxygen atoms in total. The van der Waals surface area contributed by atoms with E-state index in [1.807, 2.05) is 17.6 Å². The highest BCUT2D eigenvalue weighted by Gasteiger charge is 2.16. The Morgan fingerprint density at radius 2 is 2.09 bits per heavy atom. The Balaban J connectivity index is 0.00000363. The molecule has 2 aromatic rings. The van der Waals surface area contributed by atoms with Gasteiger partial charge in [-0.3, -0.25) is 9.56 Å². The standard InChI is InChI=1S/C22H34N6O3.HI/c1-17-8-9-18(19(15-17)31-14-13-30-3)16-25-21(23-2)24-10-6-12-28-22(29)27-11-5-4-7-20(27)26-28;/h8-9,15H,4-7,10-14,16H2,1-3H3,(H2,23,24,25);1H. The summed E-state index contributed by atoms with van der Waals surface area (Å²) >= 11 is 0. The number of methoxy groups -OCH3 is 1. The van der Waals surface area contributed by atoms with E-state index in [1.165, 1.54) is 0 Å². The number of rotatable bonds is 10. The number of nitrogens with zero attached hydrogens (tertiary/aromatic N) is 4. The maximum atomic E-state index is 12.4. The normalized spacial score (nSPS) is 13.3. The SMILES string of the molecule is CN=C(NCCCn1nc2n(c1=O)CCCC2)NCc1ccc(C)cc1OCCOC.I. The van der Waals surface area contributed by atoms with Crippen molar-refractivity contribution in [2.45, 2.75) is 52.2 Å². The summed E-state index contributed by atoms with van der Waals surface area (Å²) in [6.07, 6.45) is 3.85. The monoisotopic (exact) mass is 558 g/mol. The molecule has 32 heavy (non-hydrogen) atoms. The molecule has 0 radical (unpaired) electrons. The number of hydrogen-bond donors (Lipinski definition) is 2. The molecule has 0 amide bonds. The summed E-state index contributed by atoms with van der Waals surface area (Å²) in [4.78, 5) is 16.7. The summed E-state index contributed by atoms with van der Waals surface area (Å²) in [5, 5.41) is 11.1. The Kier molecular flexibility index (Phi) is 11.0. The Morgan fingerprint density at radius 3 is 2.84 bits per heavy atom. The van der Waals surface area contributed by atoms with Crippen LogP contribution in [0.1, 0.15) is 36.2 Å². The lowest BCUT2D eigenvalue weighted by Gasteiger charge is -2.15. The zero-order valence-electron chi connectivity index (χ0n) is 19.2. The van der Waals surface area contributed by atoms with E-state index in [1.54, 1.807) is 18.8 Å². The van der Waals surface area contributed by atoms with Crippen LogP contribution in [-0.2, 0) is 30.8 Å². The molecule has 0 aliphatic carbocycles. The molecule has 0 unspecified atom stereocenters. The third-order valence-electron chi connectivity index (χ3n) is 5.31. The molecule has 1 aromatic heterocycles. The van der Waals surface area contributed by atoms with Crippen molar-refractivity contribution in [1.29, 1.82) is 0 Å². The third kappa shape index (κ3) is 7.22. The van der Waals surface area contributed by atoms with Gasteiger partial charge in [0.05, 0.1) is 6.61 Å². The highest BCUT2D eigenvalue weighted by atomic mass is 127. The zero-order valence-corrected chi connectivity index (χ0v) is 21.6. The summed E-state index contributed by atoms with van der Waals surface area (Å²) in [6, 6.07) is 6.16. The molecule has 178 valence electrons. The van der Waals surface area contributed by atoms with Gasteiger partial charge in [-0.2, -0.15) is 5.10 Å². The fourth-order valence-corrected chi connectivity index (χ4v) is 3.61. The molecule has 0 saturated carbocycles. The molecule has 0 saturated heterocycles. The Hall–Kier alpha value is -2.08. The molecular formula is C22H35IN6O3. The molecule has 1 aromatic carbocycles. The lowest BCUT2D eigenvalue weighted by Crippen LogP contribution is -2.38. The van der Waals surface area contributed by atoms with Crippen LogP contribution in [0.2, 0.25) is 0 Å². The van der Waals surface area contributed by atoms with Gasteiger partial charge in [-0.05, 0) is 37.8 Å². The van der Waals surface area contributed by atoms with Crippen molar-refractivity contribution in [2.75, 3.05) is 33.9 Å². The minimum atomic E-state index is 0. The van der Waals surface area contributed by atoms with Gasteiger partial charge in [0.2, 0.25) is 0 Å². The fourth-order valence-electron chi connectivity index (χ4n) is 3.61. The molecule has 10 heteroatoms. The second kappa shape index (κ2) is 13.5. The van der Waals surface area contributed by atoms with Crippen molar-refractivity contribution in [3.05, 3.63) is 45.6 Å². The topological polar surface area (TPSA) is 94.7 Å². The molecule has 2 N–H and O–H groups in total. The van der Waals surface area contributed by atoms with Crippen molar-refractivity contribution in [2.24, 2.45) is 4.99 Å². The first-order valence-corrected chi connectivity index (χ1v) is 10.9. The minimum absolute atomic E-state index is 0. The number of ether oxygens (including phenoxy) is 2. The molecular weight excluding hydrogens is 523 g/mol. The molecule has 3 rings (SSSR count). The van der Waals surface area contributed by atoms with Gasteiger partial charge in [-0.25, -0.2) is 9.48 Å². The second-order valence-corrected chi connectivity index (χ2v) is 7.69. The van der Waals surface area contributed by atoms with Crippen LogP contribution in [0.3, 0.4) is 0 Å². The van der Waals surface area contributed by atoms with Gasteiger partial charge in [0.25, 0.3) is 0 Å². The Bertz CT molecular complexity index is 940. The van der Waals surface area contributed by atoms with Gasteiger partial charge >= 0.3 is 5.69 Å². The third-order valence-corrected chi connectivity index (χ3v) is 5.31. The van der Waals surface area contributed by atoms with Gasteiger partial charge in [0, 0.05) is 52.3 Å². The van der Waals surface area contributed by atoms with Crippen molar-refractivity contribution < 1.29 is 9.47 Å². The predicted octanol–water partition coefficient (Wildman–Crippen LogP) is 2.09. The van der Waals surface area contributed by atoms with E-state index in [4.69, 9.17) is 9.47 Å². The van der Waals surface area contributed by atoms with Crippen molar-refractivity contribution in [3.63, 3.8) is 0 Å². The van der Waals surface area contributed by atoms with Crippen LogP contribution in [0.25, 0.3) is 0 Å². The largest absolute Gasteiger partial charge is 0.491 e. The Morgan fingerprint density at radius 1 is 1.25 bits per heavy atom. The lowest BCUT2D eigenvalue weighted by molar-refractivity contribution is 0.145. The van der Waals surface area contributed by atoms with Gasteiger partial charge in [0.15, 0.2) is 5.96 Å². The molecule has 2 heterocycles. The highest BCUT2D eigenvalue weighted by molar-refractivity contribution is 14.0. The van der Waals surface area contributed by atoms with E-state index in [2.05, 4.69) is 32.9 Å². The maximum absolute atomic E-state index is 12.4. The number of nitrogens with one attached hydrogen (secondary N) is 2. The van der Waals surface area contributed by atoms with E-state index < -0.39 is 0 Å². The van der Waals surface area contributed by atoms with E-state index in [0.29, 0.717) is 38.8 Å². The predicted molar refractivity (Wildman–Crippen MR) is 136 cm³/mol. The van der Waals surface area contributed by atoms with Crippen LogP contribution in [0.4, 0.5) is 0 Å². The summed E-state index contributed by atoms with van der Waals surface area (Å²) in [7, 11) is 3.41. The average molecular weight is 558 g/mol. The molecule has 1 aliphatic rings. The highest BCUT2D eigenvalue weighted by Crippen LogP contribution is 2.20. The van der Waals surface area contributed by atoms with E-state index in [0.717, 1.165) is 54.9 Å². The number of fused-ring (bicyclic) bond motifs is 1. The van der Waals surface area contributed by atoms with Crippen LogP contribution in [0, 0.1) is 6.92 Å². The van der Waals surface area contributed by atoms with Crippen LogP contribution in [-0.4, -0.2) is 54.2 Å². The molecule has 0 spiro atoms. The smallest absolute Gasteiger partial charge is 0.345 e. The van der Waals surface area contributed by atoms with Crippen molar-refractivity contribution >= 4 is 29.9 Å². The average Bonchev–Trinajstić information content (AvgIpc) is 3.10. The second-order valence-electron chi connectivity index (χ2n) is 7.69. The van der Waals surface area contributed by atoms with Crippen molar-refractivity contribution in [1.82, 2.24) is 25.0 Å². The maximum Gasteiger partial charge on any atom is 0.345 e. The van der Waals surface area contributed by atoms with Crippen molar-refractivity contribution in [3.8, 4) is 5.75 Å². The van der Waals surface area contributed by atoms with Gasteiger partial charge in [-0.15, -0.1) is 24.0 Å². The number of aromatic nitrogens is 3. The summed E-state index contributed by atoms with van der Waals surface area (Å²) < 4.78 is 14.3. The van der Waals surface area contributed by atoms with E-state index in [9.17, 15) is 4.79 Å². The van der Waals surface area contributed by atoms with Gasteiger partial charge in [-0.1, -0.05) is 12.1 Å². The number of benzene rings is 1. The number of hydrogen-bond acceptors (Lipinski definition) is 5. The summed E-state index contributed by atoms with van der Waals surface area (Å²) in [5.41, 5.74) is 2.22. The van der Waals surface area contributed by atoms with Crippen LogP contribution in [0.15, 0.2) is 28.0 Å². The molecule has 0 atom stereocenters. The van der Waals surface area contributed by atoms with Gasteiger partial charge in [0.1, 0.15) is 18.2 Å². The van der Waals surface area contributed by atoms with E-state index >= 15 is 0 Å². The van der Waals surface area contributed by atoms with E-state index in [-0.39, 0.29) is 29.7 Å². The number of guanidine groups is 1. The molecule has 0 bridgehead atoms. The first kappa shape index (κ1) is 26.2. The fraction of sp³-hybridized carbons (Fsp3) is 0.591. The van der Waals surface area contributed by atoms with Crippen LogP contribution >= 0.6 is 24.0 Å². The number of halogens is 1. The number of aryl methyl sites for hydroxylation is 3. The first-order chi connectivity index (χ1) is 15.1. The lowest BCUT2D eigenvalue weighted by atomic mass is 10.1. The number of aliphatic imine (C=N–C) groups is 1. The summed E-state index contributed by atoms with van der Waals surface area (Å²) in [5.74, 6) is 2.48. The minimum Gasteiger partial charge on any atom is -0.491 e. The molecule has 0 fully saturated rings. The Labute approximate surface area is 206 Å². The van der Waals surface area contributed by atoms with Crippen LogP contribution < -0.4 is 21.1 Å². The quantitative estimate of drug-likeness (QED) is 0.201. The molecule has 1 aliphatic heterocycles. The summed E-state index contributed by atoms with van der Waals surface area (Å²) in [6.45, 7) is 5.78. The van der Waals surface area contributed by atoms with Crippen LogP contribution in [0.5, 0.6) is 5.75 Å². The van der Waals surface area contributed by atoms with Gasteiger partial charge < -0.3 is 20.1 Å².